The molecule has 1 amide bonds. The van der Waals surface area contributed by atoms with Gasteiger partial charge in [-0.2, -0.15) is 0 Å². The summed E-state index contributed by atoms with van der Waals surface area (Å²) in [4.78, 5) is 12.6. The average molecular weight is 381 g/mol. The van der Waals surface area contributed by atoms with E-state index >= 15 is 0 Å². The first-order chi connectivity index (χ1) is 12.9. The number of sulfonamides is 1. The maximum Gasteiger partial charge on any atom is 0.257 e. The fourth-order valence-electron chi connectivity index (χ4n) is 2.58. The number of anilines is 2. The van der Waals surface area contributed by atoms with Crippen LogP contribution in [0.25, 0.3) is 0 Å². The van der Waals surface area contributed by atoms with Gasteiger partial charge in [-0.05, 0) is 35.9 Å². The molecule has 0 aliphatic heterocycles. The van der Waals surface area contributed by atoms with Gasteiger partial charge in [-0.3, -0.25) is 4.79 Å². The number of hydrogen-bond acceptors (Lipinski definition) is 4. The van der Waals surface area contributed by atoms with Crippen LogP contribution in [0.2, 0.25) is 0 Å². The van der Waals surface area contributed by atoms with Crippen molar-refractivity contribution in [3.63, 3.8) is 0 Å². The summed E-state index contributed by atoms with van der Waals surface area (Å²) in [7, 11) is -3.84. The van der Waals surface area contributed by atoms with Gasteiger partial charge in [-0.25, -0.2) is 13.6 Å². The summed E-state index contributed by atoms with van der Waals surface area (Å²) in [5.74, 6) is -0.349. The van der Waals surface area contributed by atoms with Gasteiger partial charge >= 0.3 is 0 Å². The Labute approximate surface area is 158 Å². The molecule has 7 heteroatoms. The first kappa shape index (κ1) is 18.6. The Hall–Kier alpha value is -3.16. The van der Waals surface area contributed by atoms with Crippen molar-refractivity contribution in [3.05, 3.63) is 90.0 Å². The molecule has 0 aliphatic rings. The van der Waals surface area contributed by atoms with Crippen LogP contribution in [0.1, 0.15) is 15.9 Å². The summed E-state index contributed by atoms with van der Waals surface area (Å²) < 4.78 is 22.9. The second kappa shape index (κ2) is 8.03. The van der Waals surface area contributed by atoms with E-state index in [0.717, 1.165) is 5.56 Å². The van der Waals surface area contributed by atoms with E-state index in [1.165, 1.54) is 18.2 Å². The van der Waals surface area contributed by atoms with Crippen molar-refractivity contribution >= 4 is 27.3 Å². The SMILES string of the molecule is NS(=O)(=O)c1cccc(NC(=O)c2ccccc2NCc2ccccc2)c1. The number of primary sulfonamides is 1. The van der Waals surface area contributed by atoms with Gasteiger partial charge in [-0.15, -0.1) is 0 Å². The molecule has 3 aromatic carbocycles. The summed E-state index contributed by atoms with van der Waals surface area (Å²) in [6, 6.07) is 22.8. The molecule has 0 spiro atoms. The van der Waals surface area contributed by atoms with Crippen LogP contribution in [0.5, 0.6) is 0 Å². The predicted octanol–water partition coefficient (Wildman–Crippen LogP) is 3.20. The Balaban J connectivity index is 1.77. The Morgan fingerprint density at radius 3 is 2.33 bits per heavy atom. The maximum atomic E-state index is 12.7. The van der Waals surface area contributed by atoms with Gasteiger partial charge in [-0.1, -0.05) is 48.5 Å². The third-order valence-electron chi connectivity index (χ3n) is 3.92. The van der Waals surface area contributed by atoms with Gasteiger partial charge in [0.2, 0.25) is 10.0 Å². The van der Waals surface area contributed by atoms with Gasteiger partial charge in [0, 0.05) is 17.9 Å². The molecule has 0 heterocycles. The molecule has 0 aromatic heterocycles. The van der Waals surface area contributed by atoms with E-state index in [1.807, 2.05) is 42.5 Å². The highest BCUT2D eigenvalue weighted by Gasteiger charge is 2.13. The quantitative estimate of drug-likeness (QED) is 0.610. The molecule has 27 heavy (non-hydrogen) atoms. The molecule has 3 rings (SSSR count). The lowest BCUT2D eigenvalue weighted by Gasteiger charge is -2.13. The van der Waals surface area contributed by atoms with E-state index in [9.17, 15) is 13.2 Å². The van der Waals surface area contributed by atoms with E-state index in [2.05, 4.69) is 10.6 Å². The van der Waals surface area contributed by atoms with Crippen LogP contribution in [0.3, 0.4) is 0 Å². The summed E-state index contributed by atoms with van der Waals surface area (Å²) >= 11 is 0. The molecule has 0 saturated heterocycles. The van der Waals surface area contributed by atoms with Crippen molar-refractivity contribution in [1.29, 1.82) is 0 Å². The minimum absolute atomic E-state index is 0.0595. The van der Waals surface area contributed by atoms with Crippen molar-refractivity contribution in [2.75, 3.05) is 10.6 Å². The van der Waals surface area contributed by atoms with E-state index in [0.29, 0.717) is 23.5 Å². The first-order valence-electron chi connectivity index (χ1n) is 8.24. The van der Waals surface area contributed by atoms with E-state index in [1.54, 1.807) is 18.2 Å². The minimum atomic E-state index is -3.84. The molecule has 0 fully saturated rings. The zero-order valence-corrected chi connectivity index (χ0v) is 15.2. The molecule has 0 saturated carbocycles. The van der Waals surface area contributed by atoms with Gasteiger partial charge < -0.3 is 10.6 Å². The van der Waals surface area contributed by atoms with Crippen LogP contribution in [0, 0.1) is 0 Å². The van der Waals surface area contributed by atoms with Crippen LogP contribution in [0.4, 0.5) is 11.4 Å². The van der Waals surface area contributed by atoms with Crippen molar-refractivity contribution < 1.29 is 13.2 Å². The predicted molar refractivity (Wildman–Crippen MR) is 106 cm³/mol. The van der Waals surface area contributed by atoms with Crippen molar-refractivity contribution in [2.45, 2.75) is 11.4 Å². The lowest BCUT2D eigenvalue weighted by atomic mass is 10.1. The zero-order valence-electron chi connectivity index (χ0n) is 14.4. The number of nitrogens with one attached hydrogen (secondary N) is 2. The second-order valence-electron chi connectivity index (χ2n) is 5.91. The fraction of sp³-hybridized carbons (Fsp3) is 0.0500. The van der Waals surface area contributed by atoms with Gasteiger partial charge in [0.05, 0.1) is 10.5 Å². The molecule has 0 unspecified atom stereocenters. The molecule has 4 N–H and O–H groups in total. The Kier molecular flexibility index (Phi) is 5.54. The first-order valence-corrected chi connectivity index (χ1v) is 9.79. The number of carbonyl (C=O) groups is 1. The van der Waals surface area contributed by atoms with Crippen molar-refractivity contribution in [2.24, 2.45) is 5.14 Å². The molecule has 0 radical (unpaired) electrons. The third kappa shape index (κ3) is 4.93. The average Bonchev–Trinajstić information content (AvgIpc) is 2.67. The topological polar surface area (TPSA) is 101 Å². The molecule has 0 atom stereocenters. The van der Waals surface area contributed by atoms with E-state index in [4.69, 9.17) is 5.14 Å². The van der Waals surface area contributed by atoms with Gasteiger partial charge in [0.1, 0.15) is 0 Å². The van der Waals surface area contributed by atoms with E-state index < -0.39 is 10.0 Å². The summed E-state index contributed by atoms with van der Waals surface area (Å²) in [6.07, 6.45) is 0. The molecular weight excluding hydrogens is 362 g/mol. The molecular formula is C20H19N3O3S. The Morgan fingerprint density at radius 2 is 1.59 bits per heavy atom. The molecule has 3 aromatic rings. The number of amides is 1. The van der Waals surface area contributed by atoms with Gasteiger partial charge in [0.25, 0.3) is 5.91 Å². The second-order valence-corrected chi connectivity index (χ2v) is 7.47. The van der Waals surface area contributed by atoms with E-state index in [-0.39, 0.29) is 10.8 Å². The lowest BCUT2D eigenvalue weighted by molar-refractivity contribution is 0.102. The summed E-state index contributed by atoms with van der Waals surface area (Å²) in [6.45, 7) is 0.575. The van der Waals surface area contributed by atoms with Crippen LogP contribution in [-0.4, -0.2) is 14.3 Å². The summed E-state index contributed by atoms with van der Waals surface area (Å²) in [5, 5.41) is 11.1. The number of nitrogens with two attached hydrogens (primary N) is 1. The summed E-state index contributed by atoms with van der Waals surface area (Å²) in [5.41, 5.74) is 2.58. The minimum Gasteiger partial charge on any atom is -0.380 e. The van der Waals surface area contributed by atoms with Crippen molar-refractivity contribution in [3.8, 4) is 0 Å². The zero-order chi connectivity index (χ0) is 19.3. The maximum absolute atomic E-state index is 12.7. The third-order valence-corrected chi connectivity index (χ3v) is 4.83. The highest BCUT2D eigenvalue weighted by molar-refractivity contribution is 7.89. The van der Waals surface area contributed by atoms with Crippen LogP contribution in [0.15, 0.2) is 83.8 Å². The Bertz CT molecular complexity index is 1050. The molecule has 0 bridgehead atoms. The van der Waals surface area contributed by atoms with Crippen LogP contribution < -0.4 is 15.8 Å². The Morgan fingerprint density at radius 1 is 0.889 bits per heavy atom. The molecule has 6 nitrogen and oxygen atoms in total. The van der Waals surface area contributed by atoms with Crippen molar-refractivity contribution in [1.82, 2.24) is 0 Å². The number of para-hydroxylation sites is 1. The van der Waals surface area contributed by atoms with Crippen LogP contribution >= 0.6 is 0 Å². The smallest absolute Gasteiger partial charge is 0.257 e. The number of benzene rings is 3. The normalized spacial score (nSPS) is 11.0. The molecule has 138 valence electrons. The fourth-order valence-corrected chi connectivity index (χ4v) is 3.14. The number of rotatable bonds is 6. The largest absolute Gasteiger partial charge is 0.380 e. The standard InChI is InChI=1S/C20H19N3O3S/c21-27(25,26)17-10-6-9-16(13-17)23-20(24)18-11-4-5-12-19(18)22-14-15-7-2-1-3-8-15/h1-13,22H,14H2,(H,23,24)(H2,21,25,26). The number of carbonyl (C=O) groups excluding carboxylic acids is 1. The van der Waals surface area contributed by atoms with Crippen LogP contribution in [-0.2, 0) is 16.6 Å². The highest BCUT2D eigenvalue weighted by atomic mass is 32.2. The highest BCUT2D eigenvalue weighted by Crippen LogP contribution is 2.20. The molecule has 0 aliphatic carbocycles. The lowest BCUT2D eigenvalue weighted by Crippen LogP contribution is -2.16. The monoisotopic (exact) mass is 381 g/mol. The number of hydrogen-bond donors (Lipinski definition) is 3. The van der Waals surface area contributed by atoms with Gasteiger partial charge in [0.15, 0.2) is 0 Å².